The van der Waals surface area contributed by atoms with Crippen LogP contribution in [0.3, 0.4) is 0 Å². The first-order valence-corrected chi connectivity index (χ1v) is 4.90. The van der Waals surface area contributed by atoms with E-state index in [1.807, 2.05) is 12.2 Å². The number of carbonyl (C=O) groups excluding carboxylic acids is 2. The Labute approximate surface area is 93.2 Å². The first-order valence-electron chi connectivity index (χ1n) is 4.90. The predicted octanol–water partition coefficient (Wildman–Crippen LogP) is 0.514. The van der Waals surface area contributed by atoms with Crippen molar-refractivity contribution in [2.24, 2.45) is 5.73 Å². The smallest absolute Gasteiger partial charge is 0.318 e. The van der Waals surface area contributed by atoms with Crippen LogP contribution in [0.2, 0.25) is 0 Å². The third-order valence-corrected chi connectivity index (χ3v) is 2.11. The molecule has 4 N–H and O–H groups in total. The molecule has 0 saturated heterocycles. The molecular weight excluding hydrogens is 210 g/mol. The van der Waals surface area contributed by atoms with Gasteiger partial charge in [0.2, 0.25) is 5.91 Å². The number of primary amides is 1. The number of nitrogens with one attached hydrogen (secondary N) is 2. The monoisotopic (exact) mass is 225 g/mol. The maximum Gasteiger partial charge on any atom is 0.318 e. The molecule has 1 heterocycles. The summed E-state index contributed by atoms with van der Waals surface area (Å²) in [6.45, 7) is 3.49. The molecule has 0 aliphatic rings. The molecule has 1 rings (SSSR count). The van der Waals surface area contributed by atoms with Gasteiger partial charge in [0, 0.05) is 0 Å². The number of urea groups is 1. The molecular formula is C10H15N3O3. The van der Waals surface area contributed by atoms with Crippen LogP contribution in [0, 0.1) is 0 Å². The summed E-state index contributed by atoms with van der Waals surface area (Å²) in [4.78, 5) is 21.8. The van der Waals surface area contributed by atoms with Gasteiger partial charge in [0.1, 0.15) is 5.76 Å². The minimum atomic E-state index is -0.857. The number of rotatable bonds is 4. The van der Waals surface area contributed by atoms with E-state index in [1.165, 1.54) is 0 Å². The SMILES string of the molecule is CC(N[C@@H](C)c1ccco1)C(=O)NC(N)=O. The first-order chi connectivity index (χ1) is 7.50. The van der Waals surface area contributed by atoms with E-state index in [4.69, 9.17) is 10.2 Å². The molecule has 6 nitrogen and oxygen atoms in total. The van der Waals surface area contributed by atoms with Crippen LogP contribution >= 0.6 is 0 Å². The third kappa shape index (κ3) is 3.39. The summed E-state index contributed by atoms with van der Waals surface area (Å²) in [5, 5.41) is 4.97. The molecule has 88 valence electrons. The van der Waals surface area contributed by atoms with E-state index in [0.717, 1.165) is 5.76 Å². The maximum atomic E-state index is 11.4. The summed E-state index contributed by atoms with van der Waals surface area (Å²) in [5.41, 5.74) is 4.84. The zero-order valence-electron chi connectivity index (χ0n) is 9.19. The zero-order chi connectivity index (χ0) is 12.1. The molecule has 2 atom stereocenters. The number of furan rings is 1. The van der Waals surface area contributed by atoms with Gasteiger partial charge in [-0.15, -0.1) is 0 Å². The molecule has 0 saturated carbocycles. The van der Waals surface area contributed by atoms with Crippen LogP contribution in [-0.4, -0.2) is 18.0 Å². The number of imide groups is 1. The second kappa shape index (κ2) is 5.32. The molecule has 3 amide bonds. The van der Waals surface area contributed by atoms with Gasteiger partial charge in [0.25, 0.3) is 0 Å². The largest absolute Gasteiger partial charge is 0.468 e. The number of amides is 3. The molecule has 0 aromatic carbocycles. The Morgan fingerprint density at radius 1 is 1.44 bits per heavy atom. The Hall–Kier alpha value is -1.82. The molecule has 0 fully saturated rings. The number of carbonyl (C=O) groups is 2. The topological polar surface area (TPSA) is 97.4 Å². The Morgan fingerprint density at radius 2 is 2.12 bits per heavy atom. The van der Waals surface area contributed by atoms with Crippen molar-refractivity contribution in [1.82, 2.24) is 10.6 Å². The van der Waals surface area contributed by atoms with Gasteiger partial charge in [-0.2, -0.15) is 0 Å². The van der Waals surface area contributed by atoms with E-state index in [1.54, 1.807) is 25.3 Å². The van der Waals surface area contributed by atoms with Gasteiger partial charge in [-0.1, -0.05) is 0 Å². The van der Waals surface area contributed by atoms with Crippen LogP contribution in [0.15, 0.2) is 22.8 Å². The normalized spacial score (nSPS) is 14.1. The van der Waals surface area contributed by atoms with E-state index in [0.29, 0.717) is 0 Å². The Morgan fingerprint density at radius 3 is 2.62 bits per heavy atom. The number of nitrogens with two attached hydrogens (primary N) is 1. The van der Waals surface area contributed by atoms with Gasteiger partial charge in [-0.05, 0) is 26.0 Å². The second-order valence-corrected chi connectivity index (χ2v) is 3.48. The lowest BCUT2D eigenvalue weighted by molar-refractivity contribution is -0.121. The summed E-state index contributed by atoms with van der Waals surface area (Å²) < 4.78 is 5.17. The van der Waals surface area contributed by atoms with Crippen LogP contribution in [0.25, 0.3) is 0 Å². The molecule has 16 heavy (non-hydrogen) atoms. The summed E-state index contributed by atoms with van der Waals surface area (Å²) in [6, 6.07) is 2.05. The molecule has 0 spiro atoms. The lowest BCUT2D eigenvalue weighted by Crippen LogP contribution is -2.47. The quantitative estimate of drug-likeness (QED) is 0.695. The van der Waals surface area contributed by atoms with Crippen molar-refractivity contribution in [3.05, 3.63) is 24.2 Å². The summed E-state index contributed by atoms with van der Waals surface area (Å²) >= 11 is 0. The first kappa shape index (κ1) is 12.3. The highest BCUT2D eigenvalue weighted by Crippen LogP contribution is 2.12. The van der Waals surface area contributed by atoms with Gasteiger partial charge in [-0.3, -0.25) is 15.4 Å². The highest BCUT2D eigenvalue weighted by molar-refractivity contribution is 5.96. The van der Waals surface area contributed by atoms with Crippen LogP contribution in [0.1, 0.15) is 25.6 Å². The van der Waals surface area contributed by atoms with Crippen molar-refractivity contribution in [3.8, 4) is 0 Å². The lowest BCUT2D eigenvalue weighted by Gasteiger charge is -2.17. The minimum Gasteiger partial charge on any atom is -0.468 e. The van der Waals surface area contributed by atoms with E-state index < -0.39 is 18.0 Å². The highest BCUT2D eigenvalue weighted by Gasteiger charge is 2.18. The highest BCUT2D eigenvalue weighted by atomic mass is 16.3. The van der Waals surface area contributed by atoms with Crippen molar-refractivity contribution in [2.75, 3.05) is 0 Å². The van der Waals surface area contributed by atoms with Crippen LogP contribution in [0.5, 0.6) is 0 Å². The Kier molecular flexibility index (Phi) is 4.07. The van der Waals surface area contributed by atoms with E-state index >= 15 is 0 Å². The summed E-state index contributed by atoms with van der Waals surface area (Å²) in [7, 11) is 0. The van der Waals surface area contributed by atoms with Crippen molar-refractivity contribution in [2.45, 2.75) is 25.9 Å². The van der Waals surface area contributed by atoms with E-state index in [2.05, 4.69) is 5.32 Å². The molecule has 1 aromatic heterocycles. The van der Waals surface area contributed by atoms with E-state index in [9.17, 15) is 9.59 Å². The van der Waals surface area contributed by atoms with Gasteiger partial charge in [0.15, 0.2) is 0 Å². The Bertz CT molecular complexity index is 361. The minimum absolute atomic E-state index is 0.122. The molecule has 0 bridgehead atoms. The summed E-state index contributed by atoms with van der Waals surface area (Å²) in [6.07, 6.45) is 1.56. The molecule has 0 aliphatic carbocycles. The number of hydrogen-bond acceptors (Lipinski definition) is 4. The fourth-order valence-electron chi connectivity index (χ4n) is 1.30. The number of hydrogen-bond donors (Lipinski definition) is 3. The van der Waals surface area contributed by atoms with Gasteiger partial charge in [0.05, 0.1) is 18.3 Å². The molecule has 6 heteroatoms. The van der Waals surface area contributed by atoms with E-state index in [-0.39, 0.29) is 6.04 Å². The van der Waals surface area contributed by atoms with Crippen LogP contribution in [0.4, 0.5) is 4.79 Å². The average molecular weight is 225 g/mol. The molecule has 0 radical (unpaired) electrons. The maximum absolute atomic E-state index is 11.4. The van der Waals surface area contributed by atoms with Gasteiger partial charge in [-0.25, -0.2) is 4.79 Å². The van der Waals surface area contributed by atoms with Crippen molar-refractivity contribution < 1.29 is 14.0 Å². The van der Waals surface area contributed by atoms with Crippen LogP contribution < -0.4 is 16.4 Å². The van der Waals surface area contributed by atoms with Crippen molar-refractivity contribution in [1.29, 1.82) is 0 Å². The van der Waals surface area contributed by atoms with Crippen molar-refractivity contribution >= 4 is 11.9 Å². The molecule has 1 aromatic rings. The predicted molar refractivity (Wildman–Crippen MR) is 57.4 cm³/mol. The summed E-state index contributed by atoms with van der Waals surface area (Å²) in [5.74, 6) is 0.254. The third-order valence-electron chi connectivity index (χ3n) is 2.11. The average Bonchev–Trinajstić information content (AvgIpc) is 2.68. The zero-order valence-corrected chi connectivity index (χ0v) is 9.19. The van der Waals surface area contributed by atoms with Gasteiger partial charge < -0.3 is 10.2 Å². The fraction of sp³-hybridized carbons (Fsp3) is 0.400. The Balaban J connectivity index is 2.48. The molecule has 0 aliphatic heterocycles. The van der Waals surface area contributed by atoms with Gasteiger partial charge >= 0.3 is 6.03 Å². The lowest BCUT2D eigenvalue weighted by atomic mass is 10.2. The van der Waals surface area contributed by atoms with Crippen LogP contribution in [-0.2, 0) is 4.79 Å². The fourth-order valence-corrected chi connectivity index (χ4v) is 1.30. The van der Waals surface area contributed by atoms with Crippen molar-refractivity contribution in [3.63, 3.8) is 0 Å². The second-order valence-electron chi connectivity index (χ2n) is 3.48. The molecule has 1 unspecified atom stereocenters. The standard InChI is InChI=1S/C10H15N3O3/c1-6(8-4-3-5-16-8)12-7(2)9(14)13-10(11)15/h3-7,12H,1-2H3,(H3,11,13,14,15)/t6-,7?/m0/s1.